The number of aliphatic hydroxyl groups is 1. The summed E-state index contributed by atoms with van der Waals surface area (Å²) in [4.78, 5) is 6.62. The second kappa shape index (κ2) is 11.6. The topological polar surface area (TPSA) is 69.1 Å². The standard InChI is InChI=1S/C23H31FN4O2/c1-25-23(26-15-20(17-29)18-6-3-2-4-7-18)27-16-22(28-10-12-30-13-11-28)19-8-5-9-21(24)14-19/h2-9,14,20,22,29H,10-13,15-17H2,1H3,(H2,25,26,27). The van der Waals surface area contributed by atoms with Crippen molar-refractivity contribution in [3.05, 3.63) is 71.5 Å². The Labute approximate surface area is 177 Å². The predicted octanol–water partition coefficient (Wildman–Crippen LogP) is 2.14. The summed E-state index contributed by atoms with van der Waals surface area (Å²) in [6.45, 7) is 4.14. The molecule has 1 saturated heterocycles. The molecule has 0 radical (unpaired) electrons. The summed E-state index contributed by atoms with van der Waals surface area (Å²) in [5.41, 5.74) is 2.01. The first-order valence-electron chi connectivity index (χ1n) is 10.4. The highest BCUT2D eigenvalue weighted by Crippen LogP contribution is 2.22. The van der Waals surface area contributed by atoms with E-state index in [4.69, 9.17) is 4.74 Å². The number of morpholine rings is 1. The Balaban J connectivity index is 1.62. The molecule has 7 heteroatoms. The van der Waals surface area contributed by atoms with E-state index in [2.05, 4.69) is 20.5 Å². The van der Waals surface area contributed by atoms with Crippen LogP contribution in [0.3, 0.4) is 0 Å². The van der Waals surface area contributed by atoms with E-state index >= 15 is 0 Å². The van der Waals surface area contributed by atoms with E-state index in [-0.39, 0.29) is 24.4 Å². The van der Waals surface area contributed by atoms with E-state index in [1.807, 2.05) is 36.4 Å². The third kappa shape index (κ3) is 6.26. The molecule has 0 spiro atoms. The van der Waals surface area contributed by atoms with Crippen molar-refractivity contribution in [2.45, 2.75) is 12.0 Å². The van der Waals surface area contributed by atoms with Crippen molar-refractivity contribution in [2.24, 2.45) is 4.99 Å². The Morgan fingerprint density at radius 2 is 1.77 bits per heavy atom. The van der Waals surface area contributed by atoms with E-state index in [0.29, 0.717) is 32.3 Å². The fraction of sp³-hybridized carbons (Fsp3) is 0.435. The van der Waals surface area contributed by atoms with Gasteiger partial charge in [-0.25, -0.2) is 4.39 Å². The zero-order valence-electron chi connectivity index (χ0n) is 17.4. The van der Waals surface area contributed by atoms with Crippen molar-refractivity contribution in [1.29, 1.82) is 0 Å². The molecular weight excluding hydrogens is 383 g/mol. The fourth-order valence-electron chi connectivity index (χ4n) is 3.71. The lowest BCUT2D eigenvalue weighted by Gasteiger charge is -2.35. The van der Waals surface area contributed by atoms with Crippen LogP contribution in [0, 0.1) is 5.82 Å². The third-order valence-corrected chi connectivity index (χ3v) is 5.41. The van der Waals surface area contributed by atoms with Crippen LogP contribution in [0.15, 0.2) is 59.6 Å². The largest absolute Gasteiger partial charge is 0.396 e. The number of aliphatic hydroxyl groups excluding tert-OH is 1. The first kappa shape index (κ1) is 22.2. The lowest BCUT2D eigenvalue weighted by Crippen LogP contribution is -2.47. The molecule has 2 aromatic carbocycles. The maximum Gasteiger partial charge on any atom is 0.191 e. The van der Waals surface area contributed by atoms with Crippen molar-refractivity contribution in [1.82, 2.24) is 15.5 Å². The van der Waals surface area contributed by atoms with Crippen LogP contribution >= 0.6 is 0 Å². The van der Waals surface area contributed by atoms with Crippen LogP contribution in [0.4, 0.5) is 4.39 Å². The second-order valence-electron chi connectivity index (χ2n) is 7.34. The van der Waals surface area contributed by atoms with Crippen molar-refractivity contribution >= 4 is 5.96 Å². The van der Waals surface area contributed by atoms with Gasteiger partial charge in [-0.3, -0.25) is 9.89 Å². The van der Waals surface area contributed by atoms with Gasteiger partial charge in [-0.1, -0.05) is 42.5 Å². The number of ether oxygens (including phenoxy) is 1. The van der Waals surface area contributed by atoms with Gasteiger partial charge in [0, 0.05) is 39.1 Å². The fourth-order valence-corrected chi connectivity index (χ4v) is 3.71. The number of rotatable bonds is 8. The summed E-state index contributed by atoms with van der Waals surface area (Å²) >= 11 is 0. The van der Waals surface area contributed by atoms with Crippen molar-refractivity contribution < 1.29 is 14.2 Å². The Morgan fingerprint density at radius 3 is 2.43 bits per heavy atom. The molecule has 0 aromatic heterocycles. The molecule has 6 nitrogen and oxygen atoms in total. The molecule has 0 bridgehead atoms. The Bertz CT molecular complexity index is 797. The first-order valence-corrected chi connectivity index (χ1v) is 10.4. The minimum Gasteiger partial charge on any atom is -0.396 e. The van der Waals surface area contributed by atoms with E-state index in [1.165, 1.54) is 6.07 Å². The smallest absolute Gasteiger partial charge is 0.191 e. The Hall–Kier alpha value is -2.48. The van der Waals surface area contributed by atoms with Gasteiger partial charge in [-0.05, 0) is 23.3 Å². The normalized spacial score (nSPS) is 17.4. The Kier molecular flexibility index (Phi) is 8.62. The van der Waals surface area contributed by atoms with Crippen LogP contribution in [-0.4, -0.2) is 69.0 Å². The average molecular weight is 415 g/mol. The molecule has 1 heterocycles. The molecule has 162 valence electrons. The van der Waals surface area contributed by atoms with Gasteiger partial charge in [-0.2, -0.15) is 0 Å². The number of benzene rings is 2. The zero-order chi connectivity index (χ0) is 21.2. The highest BCUT2D eigenvalue weighted by molar-refractivity contribution is 5.79. The van der Waals surface area contributed by atoms with Crippen molar-refractivity contribution in [3.8, 4) is 0 Å². The van der Waals surface area contributed by atoms with Crippen LogP contribution in [0.2, 0.25) is 0 Å². The molecule has 1 aliphatic heterocycles. The molecule has 0 saturated carbocycles. The quantitative estimate of drug-likeness (QED) is 0.456. The van der Waals surface area contributed by atoms with Crippen LogP contribution in [-0.2, 0) is 4.74 Å². The highest BCUT2D eigenvalue weighted by Gasteiger charge is 2.23. The molecule has 1 fully saturated rings. The number of aliphatic imine (C=N–C) groups is 1. The summed E-state index contributed by atoms with van der Waals surface area (Å²) in [6.07, 6.45) is 0. The van der Waals surface area contributed by atoms with Crippen LogP contribution < -0.4 is 10.6 Å². The molecule has 2 atom stereocenters. The number of halogens is 1. The summed E-state index contributed by atoms with van der Waals surface area (Å²) in [5.74, 6) is 0.393. The third-order valence-electron chi connectivity index (χ3n) is 5.41. The summed E-state index contributed by atoms with van der Waals surface area (Å²) < 4.78 is 19.3. The van der Waals surface area contributed by atoms with Gasteiger partial charge in [-0.15, -0.1) is 0 Å². The van der Waals surface area contributed by atoms with Crippen molar-refractivity contribution in [3.63, 3.8) is 0 Å². The minimum atomic E-state index is -0.234. The molecule has 2 aromatic rings. The van der Waals surface area contributed by atoms with Gasteiger partial charge in [0.05, 0.1) is 25.9 Å². The van der Waals surface area contributed by atoms with Gasteiger partial charge in [0.25, 0.3) is 0 Å². The highest BCUT2D eigenvalue weighted by atomic mass is 19.1. The molecule has 3 rings (SSSR count). The lowest BCUT2D eigenvalue weighted by molar-refractivity contribution is 0.0169. The molecule has 30 heavy (non-hydrogen) atoms. The maximum atomic E-state index is 13.8. The SMILES string of the molecule is CN=C(NCC(CO)c1ccccc1)NCC(c1cccc(F)c1)N1CCOCC1. The maximum absolute atomic E-state index is 13.8. The molecule has 1 aliphatic rings. The summed E-state index contributed by atoms with van der Waals surface area (Å²) in [7, 11) is 1.72. The molecule has 3 N–H and O–H groups in total. The predicted molar refractivity (Wildman–Crippen MR) is 117 cm³/mol. The molecule has 2 unspecified atom stereocenters. The van der Waals surface area contributed by atoms with E-state index < -0.39 is 0 Å². The number of nitrogens with one attached hydrogen (secondary N) is 2. The Morgan fingerprint density at radius 1 is 1.07 bits per heavy atom. The van der Waals surface area contributed by atoms with Crippen molar-refractivity contribution in [2.75, 3.05) is 53.0 Å². The van der Waals surface area contributed by atoms with Gasteiger partial charge in [0.2, 0.25) is 0 Å². The molecule has 0 aliphatic carbocycles. The number of nitrogens with zero attached hydrogens (tertiary/aromatic N) is 2. The van der Waals surface area contributed by atoms with E-state index in [0.717, 1.165) is 24.2 Å². The molecule has 0 amide bonds. The van der Waals surface area contributed by atoms with E-state index in [1.54, 1.807) is 19.2 Å². The van der Waals surface area contributed by atoms with Gasteiger partial charge in [0.1, 0.15) is 5.82 Å². The number of guanidine groups is 1. The van der Waals surface area contributed by atoms with E-state index in [9.17, 15) is 9.50 Å². The summed E-state index contributed by atoms with van der Waals surface area (Å²) in [5, 5.41) is 16.4. The number of hydrogen-bond acceptors (Lipinski definition) is 4. The van der Waals surface area contributed by atoms with Gasteiger partial charge < -0.3 is 20.5 Å². The lowest BCUT2D eigenvalue weighted by atomic mass is 10.0. The summed E-state index contributed by atoms with van der Waals surface area (Å²) in [6, 6.07) is 16.7. The average Bonchev–Trinajstić information content (AvgIpc) is 2.79. The van der Waals surface area contributed by atoms with Gasteiger partial charge in [0.15, 0.2) is 5.96 Å². The monoisotopic (exact) mass is 414 g/mol. The first-order chi connectivity index (χ1) is 14.7. The number of hydrogen-bond donors (Lipinski definition) is 3. The van der Waals surface area contributed by atoms with Crippen LogP contribution in [0.25, 0.3) is 0 Å². The minimum absolute atomic E-state index is 0.00547. The zero-order valence-corrected chi connectivity index (χ0v) is 17.4. The van der Waals surface area contributed by atoms with Crippen LogP contribution in [0.1, 0.15) is 23.1 Å². The van der Waals surface area contributed by atoms with Crippen LogP contribution in [0.5, 0.6) is 0 Å². The second-order valence-corrected chi connectivity index (χ2v) is 7.34. The van der Waals surface area contributed by atoms with Gasteiger partial charge >= 0.3 is 0 Å². The molecular formula is C23H31FN4O2.